The zero-order valence-corrected chi connectivity index (χ0v) is 9.35. The first-order chi connectivity index (χ1) is 7.47. The van der Waals surface area contributed by atoms with Crippen LogP contribution in [0.5, 0.6) is 0 Å². The van der Waals surface area contributed by atoms with Gasteiger partial charge in [0.1, 0.15) is 5.69 Å². The minimum Gasteiger partial charge on any atom is -0.383 e. The van der Waals surface area contributed by atoms with Gasteiger partial charge in [-0.1, -0.05) is 0 Å². The van der Waals surface area contributed by atoms with Crippen molar-refractivity contribution in [2.45, 2.75) is 0 Å². The maximum Gasteiger partial charge on any atom is 0.293 e. The molecule has 1 rings (SSSR count). The van der Waals surface area contributed by atoms with Crippen LogP contribution < -0.4 is 5.32 Å². The van der Waals surface area contributed by atoms with E-state index < -0.39 is 4.92 Å². The Morgan fingerprint density at radius 1 is 1.44 bits per heavy atom. The molecule has 0 aliphatic heterocycles. The predicted octanol–water partition coefficient (Wildman–Crippen LogP) is 1.34. The molecule has 0 heterocycles. The molecule has 1 aromatic carbocycles. The number of anilines is 1. The van der Waals surface area contributed by atoms with Crippen molar-refractivity contribution >= 4 is 17.3 Å². The van der Waals surface area contributed by atoms with Crippen LogP contribution in [0.1, 0.15) is 10.4 Å². The molecule has 86 valence electrons. The summed E-state index contributed by atoms with van der Waals surface area (Å²) in [7, 11) is 4.79. The van der Waals surface area contributed by atoms with Gasteiger partial charge in [0.05, 0.1) is 4.92 Å². The van der Waals surface area contributed by atoms with Gasteiger partial charge in [-0.3, -0.25) is 14.9 Å². The minimum absolute atomic E-state index is 0.102. The van der Waals surface area contributed by atoms with Gasteiger partial charge in [-0.15, -0.1) is 0 Å². The quantitative estimate of drug-likeness (QED) is 0.619. The molecule has 0 fully saturated rings. The van der Waals surface area contributed by atoms with Crippen LogP contribution >= 0.6 is 0 Å². The number of hydrogen-bond acceptors (Lipinski definition) is 4. The fourth-order valence-corrected chi connectivity index (χ4v) is 1.29. The molecule has 6 nitrogen and oxygen atoms in total. The maximum atomic E-state index is 11.6. The molecule has 1 aromatic rings. The van der Waals surface area contributed by atoms with E-state index in [9.17, 15) is 14.9 Å². The van der Waals surface area contributed by atoms with Gasteiger partial charge in [0.25, 0.3) is 11.6 Å². The second-order valence-electron chi connectivity index (χ2n) is 3.44. The Bertz CT molecular complexity index is 429. The van der Waals surface area contributed by atoms with Crippen molar-refractivity contribution in [3.8, 4) is 0 Å². The van der Waals surface area contributed by atoms with Crippen molar-refractivity contribution in [2.24, 2.45) is 0 Å². The van der Waals surface area contributed by atoms with Gasteiger partial charge in [0.15, 0.2) is 0 Å². The highest BCUT2D eigenvalue weighted by Crippen LogP contribution is 2.25. The Kier molecular flexibility index (Phi) is 3.44. The topological polar surface area (TPSA) is 75.5 Å². The molecule has 0 saturated heterocycles. The average Bonchev–Trinajstić information content (AvgIpc) is 2.26. The molecule has 0 atom stereocenters. The first kappa shape index (κ1) is 12.0. The normalized spacial score (nSPS) is 9.69. The predicted molar refractivity (Wildman–Crippen MR) is 60.7 cm³/mol. The second-order valence-corrected chi connectivity index (χ2v) is 3.44. The molecule has 0 aliphatic carbocycles. The number of benzene rings is 1. The third kappa shape index (κ3) is 2.28. The van der Waals surface area contributed by atoms with Gasteiger partial charge in [-0.25, -0.2) is 0 Å². The number of rotatable bonds is 3. The van der Waals surface area contributed by atoms with Crippen LogP contribution in [0.4, 0.5) is 11.4 Å². The molecule has 0 aromatic heterocycles. The highest BCUT2D eigenvalue weighted by Gasteiger charge is 2.17. The molecule has 0 unspecified atom stereocenters. The highest BCUT2D eigenvalue weighted by atomic mass is 16.6. The lowest BCUT2D eigenvalue weighted by Crippen LogP contribution is -2.21. The van der Waals surface area contributed by atoms with E-state index in [-0.39, 0.29) is 11.6 Å². The van der Waals surface area contributed by atoms with E-state index in [1.54, 1.807) is 27.2 Å². The SMILES string of the molecule is CNc1ccc(C(=O)N(C)C)cc1[N+](=O)[O-]. The summed E-state index contributed by atoms with van der Waals surface area (Å²) in [6.45, 7) is 0. The van der Waals surface area contributed by atoms with Gasteiger partial charge >= 0.3 is 0 Å². The standard InChI is InChI=1S/C10H13N3O3/c1-11-8-5-4-7(10(14)12(2)3)6-9(8)13(15)16/h4-6,11H,1-3H3. The molecule has 0 radical (unpaired) electrons. The van der Waals surface area contributed by atoms with E-state index >= 15 is 0 Å². The summed E-state index contributed by atoms with van der Waals surface area (Å²) in [4.78, 5) is 23.2. The smallest absolute Gasteiger partial charge is 0.293 e. The zero-order valence-electron chi connectivity index (χ0n) is 9.35. The van der Waals surface area contributed by atoms with E-state index in [0.717, 1.165) is 0 Å². The van der Waals surface area contributed by atoms with Gasteiger partial charge < -0.3 is 10.2 Å². The maximum absolute atomic E-state index is 11.6. The van der Waals surface area contributed by atoms with Crippen LogP contribution in [0, 0.1) is 10.1 Å². The molecular weight excluding hydrogens is 210 g/mol. The first-order valence-electron chi connectivity index (χ1n) is 4.65. The monoisotopic (exact) mass is 223 g/mol. The molecular formula is C10H13N3O3. The lowest BCUT2D eigenvalue weighted by Gasteiger charge is -2.10. The van der Waals surface area contributed by atoms with Gasteiger partial charge in [0, 0.05) is 32.8 Å². The number of carbonyl (C=O) groups excluding carboxylic acids is 1. The van der Waals surface area contributed by atoms with Crippen LogP contribution in [0.3, 0.4) is 0 Å². The summed E-state index contributed by atoms with van der Waals surface area (Å²) in [5, 5.41) is 13.5. The Labute approximate surface area is 93.0 Å². The fourth-order valence-electron chi connectivity index (χ4n) is 1.29. The highest BCUT2D eigenvalue weighted by molar-refractivity contribution is 5.95. The number of nitro groups is 1. The van der Waals surface area contributed by atoms with E-state index in [2.05, 4.69) is 5.32 Å². The van der Waals surface area contributed by atoms with Crippen molar-refractivity contribution in [2.75, 3.05) is 26.5 Å². The molecule has 0 bridgehead atoms. The molecule has 0 aliphatic rings. The Morgan fingerprint density at radius 2 is 2.06 bits per heavy atom. The van der Waals surface area contributed by atoms with E-state index in [4.69, 9.17) is 0 Å². The zero-order chi connectivity index (χ0) is 12.3. The van der Waals surface area contributed by atoms with E-state index in [1.807, 2.05) is 0 Å². The van der Waals surface area contributed by atoms with E-state index in [0.29, 0.717) is 11.3 Å². The van der Waals surface area contributed by atoms with Crippen LogP contribution in [0.15, 0.2) is 18.2 Å². The van der Waals surface area contributed by atoms with Crippen LogP contribution in [-0.2, 0) is 0 Å². The number of nitrogens with one attached hydrogen (secondary N) is 1. The van der Waals surface area contributed by atoms with Crippen LogP contribution in [0.2, 0.25) is 0 Å². The summed E-state index contributed by atoms with van der Waals surface area (Å²) < 4.78 is 0. The summed E-state index contributed by atoms with van der Waals surface area (Å²) >= 11 is 0. The lowest BCUT2D eigenvalue weighted by molar-refractivity contribution is -0.384. The van der Waals surface area contributed by atoms with Gasteiger partial charge in [0.2, 0.25) is 0 Å². The summed E-state index contributed by atoms with van der Waals surface area (Å²) in [6.07, 6.45) is 0. The van der Waals surface area contributed by atoms with Crippen molar-refractivity contribution in [3.05, 3.63) is 33.9 Å². The number of carbonyl (C=O) groups is 1. The van der Waals surface area contributed by atoms with Crippen molar-refractivity contribution < 1.29 is 9.72 Å². The van der Waals surface area contributed by atoms with Crippen LogP contribution in [-0.4, -0.2) is 36.9 Å². The van der Waals surface area contributed by atoms with Crippen molar-refractivity contribution in [3.63, 3.8) is 0 Å². The average molecular weight is 223 g/mol. The number of amides is 1. The third-order valence-corrected chi connectivity index (χ3v) is 2.12. The number of nitro benzene ring substituents is 1. The van der Waals surface area contributed by atoms with Crippen molar-refractivity contribution in [1.82, 2.24) is 4.90 Å². The fraction of sp³-hybridized carbons (Fsp3) is 0.300. The molecule has 6 heteroatoms. The first-order valence-corrected chi connectivity index (χ1v) is 4.65. The Hall–Kier alpha value is -2.11. The largest absolute Gasteiger partial charge is 0.383 e. The molecule has 0 spiro atoms. The number of hydrogen-bond donors (Lipinski definition) is 1. The van der Waals surface area contributed by atoms with E-state index in [1.165, 1.54) is 17.0 Å². The third-order valence-electron chi connectivity index (χ3n) is 2.12. The summed E-state index contributed by atoms with van der Waals surface area (Å²) in [6, 6.07) is 4.35. The van der Waals surface area contributed by atoms with Gasteiger partial charge in [-0.05, 0) is 12.1 Å². The molecule has 16 heavy (non-hydrogen) atoms. The Morgan fingerprint density at radius 3 is 2.50 bits per heavy atom. The molecule has 1 N–H and O–H groups in total. The Balaban J connectivity index is 3.22. The summed E-state index contributed by atoms with van der Waals surface area (Å²) in [5.41, 5.74) is 0.589. The molecule has 1 amide bonds. The van der Waals surface area contributed by atoms with Crippen molar-refractivity contribution in [1.29, 1.82) is 0 Å². The number of nitrogens with zero attached hydrogens (tertiary/aromatic N) is 2. The molecule has 0 saturated carbocycles. The lowest BCUT2D eigenvalue weighted by atomic mass is 10.1. The second kappa shape index (κ2) is 4.61. The van der Waals surface area contributed by atoms with Gasteiger partial charge in [-0.2, -0.15) is 0 Å². The minimum atomic E-state index is -0.516. The summed E-state index contributed by atoms with van der Waals surface area (Å²) in [5.74, 6) is -0.259. The van der Waals surface area contributed by atoms with Crippen LogP contribution in [0.25, 0.3) is 0 Å².